The van der Waals surface area contributed by atoms with Crippen LogP contribution in [0.2, 0.25) is 5.02 Å². The summed E-state index contributed by atoms with van der Waals surface area (Å²) in [5.41, 5.74) is 10.5. The molecule has 0 radical (unpaired) electrons. The van der Waals surface area contributed by atoms with Gasteiger partial charge in [-0.25, -0.2) is 19.4 Å². The number of fused-ring (bicyclic) bond motifs is 1. The molecule has 36 heavy (non-hydrogen) atoms. The Morgan fingerprint density at radius 3 is 2.92 bits per heavy atom. The maximum Gasteiger partial charge on any atom is 0.346 e. The predicted octanol–water partition coefficient (Wildman–Crippen LogP) is 4.70. The number of halogens is 1. The topological polar surface area (TPSA) is 111 Å². The molecule has 0 bridgehead atoms. The highest BCUT2D eigenvalue weighted by molar-refractivity contribution is 6.30. The first-order chi connectivity index (χ1) is 17.4. The van der Waals surface area contributed by atoms with Gasteiger partial charge in [-0.1, -0.05) is 35.7 Å². The summed E-state index contributed by atoms with van der Waals surface area (Å²) in [6.45, 7) is 5.00. The molecule has 1 aliphatic heterocycles. The zero-order valence-electron chi connectivity index (χ0n) is 19.8. The van der Waals surface area contributed by atoms with Gasteiger partial charge < -0.3 is 11.1 Å². The van der Waals surface area contributed by atoms with E-state index in [-0.39, 0.29) is 12.1 Å². The number of amides is 2. The Labute approximate surface area is 213 Å². The first-order valence-corrected chi connectivity index (χ1v) is 11.9. The lowest BCUT2D eigenvalue weighted by atomic mass is 10.0. The summed E-state index contributed by atoms with van der Waals surface area (Å²) in [4.78, 5) is 27.1. The molecular weight excluding hydrogens is 478 g/mol. The van der Waals surface area contributed by atoms with Gasteiger partial charge in [-0.3, -0.25) is 4.84 Å². The lowest BCUT2D eigenvalue weighted by Crippen LogP contribution is -2.33. The Bertz CT molecular complexity index is 1520. The van der Waals surface area contributed by atoms with Gasteiger partial charge in [-0.2, -0.15) is 10.2 Å². The average Bonchev–Trinajstić information content (AvgIpc) is 3.50. The Morgan fingerprint density at radius 2 is 2.11 bits per heavy atom. The second-order valence-electron chi connectivity index (χ2n) is 8.35. The fraction of sp³-hybridized carbons (Fsp3) is 0.231. The number of aryl methyl sites for hydroxylation is 2. The number of nitrogens with one attached hydrogen (secondary N) is 1. The molecule has 1 fully saturated rings. The largest absolute Gasteiger partial charge is 0.383 e. The molecule has 1 atom stereocenters. The molecule has 2 aromatic carbocycles. The van der Waals surface area contributed by atoms with Crippen molar-refractivity contribution in [2.45, 2.75) is 32.9 Å². The second kappa shape index (κ2) is 9.85. The van der Waals surface area contributed by atoms with Crippen LogP contribution in [0.15, 0.2) is 48.8 Å². The average molecular weight is 502 g/mol. The molecule has 3 heterocycles. The molecule has 0 saturated carbocycles. The molecule has 1 aliphatic rings. The SMILES string of the molecule is CCn1nc(C#Cc2cc(NC(=O)N3OCC[C@@H]3c3cccc(Cl)c3)ccc2C)c2c(N)ncnc21. The number of carbonyl (C=O) groups is 1. The molecule has 4 aromatic rings. The van der Waals surface area contributed by atoms with Gasteiger partial charge >= 0.3 is 6.03 Å². The van der Waals surface area contributed by atoms with E-state index < -0.39 is 0 Å². The number of carbonyl (C=O) groups excluding carboxylic acids is 1. The van der Waals surface area contributed by atoms with E-state index in [4.69, 9.17) is 22.2 Å². The summed E-state index contributed by atoms with van der Waals surface area (Å²) in [5.74, 6) is 6.60. The van der Waals surface area contributed by atoms with Crippen LogP contribution in [0.4, 0.5) is 16.3 Å². The zero-order valence-corrected chi connectivity index (χ0v) is 20.6. The number of nitrogens with two attached hydrogens (primary N) is 1. The van der Waals surface area contributed by atoms with Crippen molar-refractivity contribution in [3.63, 3.8) is 0 Å². The zero-order chi connectivity index (χ0) is 25.2. The van der Waals surface area contributed by atoms with Crippen LogP contribution in [0.3, 0.4) is 0 Å². The molecule has 1 saturated heterocycles. The van der Waals surface area contributed by atoms with E-state index >= 15 is 0 Å². The van der Waals surface area contributed by atoms with Crippen molar-refractivity contribution in [3.05, 3.63) is 76.2 Å². The van der Waals surface area contributed by atoms with Crippen LogP contribution in [0.5, 0.6) is 0 Å². The van der Waals surface area contributed by atoms with Gasteiger partial charge in [0.2, 0.25) is 0 Å². The van der Waals surface area contributed by atoms with Crippen LogP contribution in [0.1, 0.15) is 41.8 Å². The number of aromatic nitrogens is 4. The number of anilines is 2. The number of benzene rings is 2. The summed E-state index contributed by atoms with van der Waals surface area (Å²) in [6, 6.07) is 12.4. The number of urea groups is 1. The van der Waals surface area contributed by atoms with Crippen LogP contribution in [-0.4, -0.2) is 37.4 Å². The number of nitrogens with zero attached hydrogens (tertiary/aromatic N) is 5. The molecule has 0 aliphatic carbocycles. The van der Waals surface area contributed by atoms with Crippen LogP contribution < -0.4 is 11.1 Å². The Hall–Kier alpha value is -4.13. The van der Waals surface area contributed by atoms with Crippen molar-refractivity contribution >= 4 is 40.2 Å². The van der Waals surface area contributed by atoms with Crippen molar-refractivity contribution in [2.24, 2.45) is 0 Å². The van der Waals surface area contributed by atoms with E-state index in [1.807, 2.05) is 50.2 Å². The standard InChI is InChI=1S/C26H24ClN7O2/c1-3-33-25-23(24(28)29-15-30-25)21(32-33)10-8-17-14-20(9-7-16(17)2)31-26(35)34-22(11-12-36-34)18-5-4-6-19(27)13-18/h4-7,9,13-15,22H,3,11-12H2,1-2H3,(H,31,35)(H2,28,29,30)/t22-/m1/s1. The van der Waals surface area contributed by atoms with Crippen molar-refractivity contribution < 1.29 is 9.63 Å². The fourth-order valence-corrected chi connectivity index (χ4v) is 4.36. The number of nitrogen functional groups attached to an aromatic ring is 1. The first kappa shape index (κ1) is 23.6. The van der Waals surface area contributed by atoms with Crippen molar-refractivity contribution in [1.29, 1.82) is 0 Å². The minimum atomic E-state index is -0.363. The van der Waals surface area contributed by atoms with Crippen LogP contribution in [-0.2, 0) is 11.4 Å². The lowest BCUT2D eigenvalue weighted by molar-refractivity contribution is -0.0829. The summed E-state index contributed by atoms with van der Waals surface area (Å²) >= 11 is 6.14. The minimum absolute atomic E-state index is 0.219. The smallest absolute Gasteiger partial charge is 0.346 e. The van der Waals surface area contributed by atoms with Gasteiger partial charge in [-0.05, 0) is 55.2 Å². The lowest BCUT2D eigenvalue weighted by Gasteiger charge is -2.23. The van der Waals surface area contributed by atoms with Crippen molar-refractivity contribution in [3.8, 4) is 11.8 Å². The maximum absolute atomic E-state index is 13.1. The summed E-state index contributed by atoms with van der Waals surface area (Å²) in [5, 5.41) is 10.1. The number of rotatable bonds is 3. The highest BCUT2D eigenvalue weighted by Crippen LogP contribution is 2.32. The third-order valence-corrected chi connectivity index (χ3v) is 6.24. The number of hydrogen-bond acceptors (Lipinski definition) is 6. The van der Waals surface area contributed by atoms with Gasteiger partial charge in [-0.15, -0.1) is 0 Å². The fourth-order valence-electron chi connectivity index (χ4n) is 4.16. The van der Waals surface area contributed by atoms with Gasteiger partial charge in [0.25, 0.3) is 0 Å². The van der Waals surface area contributed by atoms with Gasteiger partial charge in [0.15, 0.2) is 5.65 Å². The summed E-state index contributed by atoms with van der Waals surface area (Å²) in [7, 11) is 0. The van der Waals surface area contributed by atoms with E-state index in [0.29, 0.717) is 52.8 Å². The van der Waals surface area contributed by atoms with Crippen LogP contribution >= 0.6 is 11.6 Å². The van der Waals surface area contributed by atoms with E-state index in [0.717, 1.165) is 16.7 Å². The van der Waals surface area contributed by atoms with E-state index in [1.165, 1.54) is 11.4 Å². The monoisotopic (exact) mass is 501 g/mol. The van der Waals surface area contributed by atoms with Gasteiger partial charge in [0, 0.05) is 29.2 Å². The van der Waals surface area contributed by atoms with Crippen LogP contribution in [0, 0.1) is 18.8 Å². The first-order valence-electron chi connectivity index (χ1n) is 11.5. The highest BCUT2D eigenvalue weighted by Gasteiger charge is 2.32. The van der Waals surface area contributed by atoms with Gasteiger partial charge in [0.05, 0.1) is 18.0 Å². The highest BCUT2D eigenvalue weighted by atomic mass is 35.5. The van der Waals surface area contributed by atoms with Crippen molar-refractivity contribution in [1.82, 2.24) is 24.8 Å². The van der Waals surface area contributed by atoms with E-state index in [1.54, 1.807) is 10.7 Å². The molecule has 3 N–H and O–H groups in total. The normalized spacial score (nSPS) is 15.1. The van der Waals surface area contributed by atoms with Crippen LogP contribution in [0.25, 0.3) is 11.0 Å². The molecular formula is C26H24ClN7O2. The quantitative estimate of drug-likeness (QED) is 0.393. The molecule has 10 heteroatoms. The molecule has 0 spiro atoms. The van der Waals surface area contributed by atoms with Crippen molar-refractivity contribution in [2.75, 3.05) is 17.7 Å². The third kappa shape index (κ3) is 4.56. The van der Waals surface area contributed by atoms with E-state index in [9.17, 15) is 4.79 Å². The maximum atomic E-state index is 13.1. The minimum Gasteiger partial charge on any atom is -0.383 e. The Morgan fingerprint density at radius 1 is 1.25 bits per heavy atom. The second-order valence-corrected chi connectivity index (χ2v) is 8.79. The Balaban J connectivity index is 1.39. The molecule has 9 nitrogen and oxygen atoms in total. The summed E-state index contributed by atoms with van der Waals surface area (Å²) < 4.78 is 1.74. The molecule has 5 rings (SSSR count). The third-order valence-electron chi connectivity index (χ3n) is 6.00. The molecule has 2 amide bonds. The molecule has 182 valence electrons. The predicted molar refractivity (Wildman–Crippen MR) is 138 cm³/mol. The number of hydroxylamine groups is 2. The van der Waals surface area contributed by atoms with E-state index in [2.05, 4.69) is 32.2 Å². The molecule has 2 aromatic heterocycles. The molecule has 0 unspecified atom stereocenters. The van der Waals surface area contributed by atoms with Gasteiger partial charge in [0.1, 0.15) is 17.8 Å². The Kier molecular flexibility index (Phi) is 6.46. The number of hydrogen-bond donors (Lipinski definition) is 2. The summed E-state index contributed by atoms with van der Waals surface area (Å²) in [6.07, 6.45) is 2.10.